The Bertz CT molecular complexity index is 691. The first kappa shape index (κ1) is 12.8. The van der Waals surface area contributed by atoms with Crippen LogP contribution in [0.5, 0.6) is 11.6 Å². The molecular formula is C13H12N2O4. The van der Waals surface area contributed by atoms with Crippen LogP contribution in [0.15, 0.2) is 29.1 Å². The summed E-state index contributed by atoms with van der Waals surface area (Å²) in [4.78, 5) is 28.7. The summed E-state index contributed by atoms with van der Waals surface area (Å²) in [6, 6.07) is 5.79. The molecule has 0 aliphatic carbocycles. The number of ether oxygens (including phenoxy) is 1. The number of hydrogen-bond donors (Lipinski definition) is 2. The number of hydrogen-bond acceptors (Lipinski definition) is 4. The summed E-state index contributed by atoms with van der Waals surface area (Å²) < 4.78 is 5.43. The van der Waals surface area contributed by atoms with Gasteiger partial charge in [-0.15, -0.1) is 0 Å². The van der Waals surface area contributed by atoms with Crippen molar-refractivity contribution in [1.82, 2.24) is 9.97 Å². The molecule has 1 aromatic carbocycles. The molecule has 19 heavy (non-hydrogen) atoms. The van der Waals surface area contributed by atoms with Crippen molar-refractivity contribution < 1.29 is 14.6 Å². The number of aryl methyl sites for hydroxylation is 2. The van der Waals surface area contributed by atoms with Crippen molar-refractivity contribution in [1.29, 1.82) is 0 Å². The number of carboxylic acids is 1. The topological polar surface area (TPSA) is 92.3 Å². The zero-order chi connectivity index (χ0) is 14.0. The largest absolute Gasteiger partial charge is 0.478 e. The highest BCUT2D eigenvalue weighted by atomic mass is 16.5. The van der Waals surface area contributed by atoms with Gasteiger partial charge in [-0.3, -0.25) is 4.79 Å². The summed E-state index contributed by atoms with van der Waals surface area (Å²) in [7, 11) is 0. The summed E-state index contributed by atoms with van der Waals surface area (Å²) in [5, 5.41) is 8.92. The minimum absolute atomic E-state index is 0.170. The number of nitrogens with one attached hydrogen (secondary N) is 1. The molecule has 6 nitrogen and oxygen atoms in total. The molecule has 0 unspecified atom stereocenters. The van der Waals surface area contributed by atoms with Crippen molar-refractivity contribution >= 4 is 5.97 Å². The summed E-state index contributed by atoms with van der Waals surface area (Å²) in [6.45, 7) is 3.32. The van der Waals surface area contributed by atoms with Gasteiger partial charge in [0.25, 0.3) is 5.56 Å². The Labute approximate surface area is 108 Å². The standard InChI is InChI=1S/C13H12N2O4/c1-7-5-9(3-4-10(7)13(17)18)19-12-6-11(16)14-8(2)15-12/h3-6H,1-2H3,(H,17,18)(H,14,15,16). The van der Waals surface area contributed by atoms with Gasteiger partial charge in [0.05, 0.1) is 11.6 Å². The maximum absolute atomic E-state index is 11.3. The highest BCUT2D eigenvalue weighted by molar-refractivity contribution is 5.89. The fraction of sp³-hybridized carbons (Fsp3) is 0.154. The predicted molar refractivity (Wildman–Crippen MR) is 67.8 cm³/mol. The first-order valence-electron chi connectivity index (χ1n) is 5.55. The fourth-order valence-electron chi connectivity index (χ4n) is 1.66. The van der Waals surface area contributed by atoms with Gasteiger partial charge in [0.1, 0.15) is 11.6 Å². The van der Waals surface area contributed by atoms with Gasteiger partial charge in [-0.2, -0.15) is 0 Å². The molecule has 0 fully saturated rings. The van der Waals surface area contributed by atoms with Crippen LogP contribution in [0.25, 0.3) is 0 Å². The van der Waals surface area contributed by atoms with Gasteiger partial charge in [-0.05, 0) is 37.6 Å². The quantitative estimate of drug-likeness (QED) is 0.878. The van der Waals surface area contributed by atoms with Crippen LogP contribution in [-0.4, -0.2) is 21.0 Å². The number of benzene rings is 1. The molecule has 2 N–H and O–H groups in total. The molecular weight excluding hydrogens is 248 g/mol. The number of aromatic amines is 1. The average molecular weight is 260 g/mol. The van der Waals surface area contributed by atoms with E-state index in [0.717, 1.165) is 0 Å². The van der Waals surface area contributed by atoms with Crippen molar-refractivity contribution in [2.45, 2.75) is 13.8 Å². The molecule has 0 atom stereocenters. The Morgan fingerprint density at radius 3 is 2.63 bits per heavy atom. The molecule has 6 heteroatoms. The van der Waals surface area contributed by atoms with E-state index in [4.69, 9.17) is 9.84 Å². The molecule has 0 bridgehead atoms. The molecule has 1 aromatic heterocycles. The van der Waals surface area contributed by atoms with E-state index in [9.17, 15) is 9.59 Å². The Morgan fingerprint density at radius 2 is 2.05 bits per heavy atom. The third-order valence-corrected chi connectivity index (χ3v) is 2.49. The molecule has 0 radical (unpaired) electrons. The van der Waals surface area contributed by atoms with Crippen molar-refractivity contribution in [3.8, 4) is 11.6 Å². The van der Waals surface area contributed by atoms with E-state index in [2.05, 4.69) is 9.97 Å². The maximum Gasteiger partial charge on any atom is 0.335 e. The Morgan fingerprint density at radius 1 is 1.32 bits per heavy atom. The number of aromatic nitrogens is 2. The second kappa shape index (κ2) is 4.93. The number of aromatic carboxylic acids is 1. The Balaban J connectivity index is 2.31. The lowest BCUT2D eigenvalue weighted by molar-refractivity contribution is 0.0696. The smallest absolute Gasteiger partial charge is 0.335 e. The highest BCUT2D eigenvalue weighted by Crippen LogP contribution is 2.21. The molecule has 1 heterocycles. The highest BCUT2D eigenvalue weighted by Gasteiger charge is 2.08. The van der Waals surface area contributed by atoms with Gasteiger partial charge in [-0.1, -0.05) is 0 Å². The van der Waals surface area contributed by atoms with Crippen LogP contribution in [0.3, 0.4) is 0 Å². The van der Waals surface area contributed by atoms with Crippen LogP contribution in [-0.2, 0) is 0 Å². The van der Waals surface area contributed by atoms with Crippen LogP contribution in [0.4, 0.5) is 0 Å². The van der Waals surface area contributed by atoms with Gasteiger partial charge in [0, 0.05) is 0 Å². The molecule has 0 aliphatic rings. The zero-order valence-corrected chi connectivity index (χ0v) is 10.4. The minimum Gasteiger partial charge on any atom is -0.478 e. The van der Waals surface area contributed by atoms with Crippen LogP contribution in [0, 0.1) is 13.8 Å². The fourth-order valence-corrected chi connectivity index (χ4v) is 1.66. The summed E-state index contributed by atoms with van der Waals surface area (Å²) in [5.74, 6) is 0.0549. The maximum atomic E-state index is 11.3. The normalized spacial score (nSPS) is 10.2. The Kier molecular flexibility index (Phi) is 3.33. The van der Waals surface area contributed by atoms with Crippen molar-refractivity contribution in [3.05, 3.63) is 51.6 Å². The molecule has 0 aliphatic heterocycles. The first-order chi connectivity index (χ1) is 8.95. The number of nitrogens with zero attached hydrogens (tertiary/aromatic N) is 1. The summed E-state index contributed by atoms with van der Waals surface area (Å²) in [6.07, 6.45) is 0. The second-order valence-electron chi connectivity index (χ2n) is 4.05. The number of rotatable bonds is 3. The lowest BCUT2D eigenvalue weighted by Crippen LogP contribution is -2.08. The van der Waals surface area contributed by atoms with Crippen LogP contribution in [0.1, 0.15) is 21.7 Å². The van der Waals surface area contributed by atoms with E-state index in [-0.39, 0.29) is 17.0 Å². The van der Waals surface area contributed by atoms with Crippen LogP contribution < -0.4 is 10.3 Å². The van der Waals surface area contributed by atoms with E-state index in [0.29, 0.717) is 17.1 Å². The van der Waals surface area contributed by atoms with E-state index >= 15 is 0 Å². The SMILES string of the molecule is Cc1nc(Oc2ccc(C(=O)O)c(C)c2)cc(=O)[nH]1. The number of carbonyl (C=O) groups is 1. The lowest BCUT2D eigenvalue weighted by atomic mass is 10.1. The second-order valence-corrected chi connectivity index (χ2v) is 4.05. The lowest BCUT2D eigenvalue weighted by Gasteiger charge is -2.07. The molecule has 98 valence electrons. The number of H-pyrrole nitrogens is 1. The molecule has 0 saturated heterocycles. The predicted octanol–water partition coefficient (Wildman–Crippen LogP) is 1.88. The van der Waals surface area contributed by atoms with E-state index in [1.165, 1.54) is 18.2 Å². The Hall–Kier alpha value is -2.63. The molecule has 2 rings (SSSR count). The molecule has 0 amide bonds. The summed E-state index contributed by atoms with van der Waals surface area (Å²) in [5.41, 5.74) is 0.482. The third kappa shape index (κ3) is 2.98. The van der Waals surface area contributed by atoms with E-state index < -0.39 is 5.97 Å². The van der Waals surface area contributed by atoms with Crippen LogP contribution >= 0.6 is 0 Å². The number of carboxylic acid groups (broad SMARTS) is 1. The van der Waals surface area contributed by atoms with Gasteiger partial charge >= 0.3 is 5.97 Å². The van der Waals surface area contributed by atoms with Gasteiger partial charge in [-0.25, -0.2) is 9.78 Å². The molecule has 0 saturated carbocycles. The van der Waals surface area contributed by atoms with Crippen LogP contribution in [0.2, 0.25) is 0 Å². The van der Waals surface area contributed by atoms with Gasteiger partial charge < -0.3 is 14.8 Å². The van der Waals surface area contributed by atoms with E-state index in [1.54, 1.807) is 19.9 Å². The summed E-state index contributed by atoms with van der Waals surface area (Å²) >= 11 is 0. The van der Waals surface area contributed by atoms with Crippen molar-refractivity contribution in [3.63, 3.8) is 0 Å². The monoisotopic (exact) mass is 260 g/mol. The molecule has 0 spiro atoms. The van der Waals surface area contributed by atoms with Crippen molar-refractivity contribution in [2.24, 2.45) is 0 Å². The zero-order valence-electron chi connectivity index (χ0n) is 10.4. The third-order valence-electron chi connectivity index (χ3n) is 2.49. The van der Waals surface area contributed by atoms with Gasteiger partial charge in [0.2, 0.25) is 5.88 Å². The first-order valence-corrected chi connectivity index (χ1v) is 5.55. The average Bonchev–Trinajstić information content (AvgIpc) is 2.26. The van der Waals surface area contributed by atoms with E-state index in [1.807, 2.05) is 0 Å². The van der Waals surface area contributed by atoms with Crippen molar-refractivity contribution in [2.75, 3.05) is 0 Å². The van der Waals surface area contributed by atoms with Gasteiger partial charge in [0.15, 0.2) is 0 Å². The minimum atomic E-state index is -0.992. The molecule has 2 aromatic rings.